The average molecular weight is 689 g/mol. The highest BCUT2D eigenvalue weighted by Gasteiger charge is 2.37. The maximum absolute atomic E-state index is 5.06. The second-order valence-electron chi connectivity index (χ2n) is 15.2. The van der Waals surface area contributed by atoms with E-state index in [0.29, 0.717) is 0 Å². The standard InChI is InChI=1S/C52H36N2/c1-52(2)46-29-38(33-21-23-35(24-22-33)48-32-54-28-27-34-13-9-10-18-39(34)51(54)53-48)25-26-40(46)43-30-44-45(31-47(43)52)50(37-16-7-4-8-17-37)42-20-12-11-19-41(42)49(44)36-14-5-3-6-15-36/h3-32H,1-2H3. The van der Waals surface area contributed by atoms with E-state index in [9.17, 15) is 0 Å². The Morgan fingerprint density at radius 1 is 0.426 bits per heavy atom. The van der Waals surface area contributed by atoms with Crippen LogP contribution in [0.15, 0.2) is 182 Å². The summed E-state index contributed by atoms with van der Waals surface area (Å²) in [5.41, 5.74) is 15.8. The van der Waals surface area contributed by atoms with Gasteiger partial charge < -0.3 is 4.40 Å². The Labute approximate surface area is 314 Å². The van der Waals surface area contributed by atoms with Gasteiger partial charge in [-0.05, 0) is 107 Å². The molecule has 0 radical (unpaired) electrons. The molecule has 8 aromatic carbocycles. The number of nitrogens with zero attached hydrogens (tertiary/aromatic N) is 2. The highest BCUT2D eigenvalue weighted by atomic mass is 15.0. The van der Waals surface area contributed by atoms with Gasteiger partial charge in [0, 0.05) is 28.8 Å². The van der Waals surface area contributed by atoms with Crippen LogP contribution in [-0.4, -0.2) is 9.38 Å². The summed E-state index contributed by atoms with van der Waals surface area (Å²) in [5, 5.41) is 7.52. The molecule has 2 heterocycles. The zero-order valence-corrected chi connectivity index (χ0v) is 30.2. The fraction of sp³-hybridized carbons (Fsp3) is 0.0577. The van der Waals surface area contributed by atoms with Crippen LogP contribution in [0.3, 0.4) is 0 Å². The first-order chi connectivity index (χ1) is 26.5. The van der Waals surface area contributed by atoms with Gasteiger partial charge in [0.2, 0.25) is 0 Å². The average Bonchev–Trinajstić information content (AvgIpc) is 3.76. The van der Waals surface area contributed by atoms with Crippen molar-refractivity contribution in [3.05, 3.63) is 193 Å². The summed E-state index contributed by atoms with van der Waals surface area (Å²) in [7, 11) is 0. The van der Waals surface area contributed by atoms with Gasteiger partial charge in [-0.1, -0.05) is 159 Å². The molecule has 2 heteroatoms. The third kappa shape index (κ3) is 4.56. The minimum absolute atomic E-state index is 0.180. The molecule has 0 atom stereocenters. The highest BCUT2D eigenvalue weighted by molar-refractivity contribution is 6.22. The number of rotatable bonds is 4. The molecule has 0 N–H and O–H groups in total. The van der Waals surface area contributed by atoms with Gasteiger partial charge in [-0.15, -0.1) is 0 Å². The van der Waals surface area contributed by atoms with E-state index in [-0.39, 0.29) is 5.41 Å². The lowest BCUT2D eigenvalue weighted by Crippen LogP contribution is -2.15. The molecule has 0 saturated heterocycles. The second-order valence-corrected chi connectivity index (χ2v) is 15.2. The van der Waals surface area contributed by atoms with Crippen molar-refractivity contribution in [3.63, 3.8) is 0 Å². The first-order valence-electron chi connectivity index (χ1n) is 18.8. The zero-order chi connectivity index (χ0) is 36.0. The van der Waals surface area contributed by atoms with Crippen LogP contribution >= 0.6 is 0 Å². The van der Waals surface area contributed by atoms with Crippen molar-refractivity contribution in [3.8, 4) is 55.8 Å². The maximum atomic E-state index is 5.06. The van der Waals surface area contributed by atoms with Crippen LogP contribution in [0.2, 0.25) is 0 Å². The fourth-order valence-electron chi connectivity index (χ4n) is 9.10. The van der Waals surface area contributed by atoms with E-state index in [2.05, 4.69) is 201 Å². The monoisotopic (exact) mass is 688 g/mol. The molecule has 254 valence electrons. The first-order valence-corrected chi connectivity index (χ1v) is 18.8. The minimum Gasteiger partial charge on any atom is -0.306 e. The Hall–Kier alpha value is -6.77. The molecule has 11 rings (SSSR count). The van der Waals surface area contributed by atoms with Crippen LogP contribution in [0, 0.1) is 0 Å². The predicted molar refractivity (Wildman–Crippen MR) is 227 cm³/mol. The third-order valence-electron chi connectivity index (χ3n) is 11.8. The summed E-state index contributed by atoms with van der Waals surface area (Å²) >= 11 is 0. The number of hydrogen-bond donors (Lipinski definition) is 0. The van der Waals surface area contributed by atoms with Crippen molar-refractivity contribution in [1.29, 1.82) is 0 Å². The molecule has 2 aromatic heterocycles. The summed E-state index contributed by atoms with van der Waals surface area (Å²) in [6, 6.07) is 62.4. The number of aromatic nitrogens is 2. The maximum Gasteiger partial charge on any atom is 0.145 e. The van der Waals surface area contributed by atoms with Gasteiger partial charge >= 0.3 is 0 Å². The number of imidazole rings is 1. The van der Waals surface area contributed by atoms with E-state index in [4.69, 9.17) is 4.98 Å². The fourth-order valence-corrected chi connectivity index (χ4v) is 9.10. The second kappa shape index (κ2) is 11.6. The van der Waals surface area contributed by atoms with Crippen molar-refractivity contribution >= 4 is 38.0 Å². The van der Waals surface area contributed by atoms with E-state index in [1.54, 1.807) is 0 Å². The number of benzene rings is 8. The molecule has 10 aromatic rings. The summed E-state index contributed by atoms with van der Waals surface area (Å²) in [4.78, 5) is 5.06. The zero-order valence-electron chi connectivity index (χ0n) is 30.2. The lowest BCUT2D eigenvalue weighted by Gasteiger charge is -2.24. The molecule has 0 bridgehead atoms. The molecular weight excluding hydrogens is 653 g/mol. The van der Waals surface area contributed by atoms with Gasteiger partial charge in [-0.2, -0.15) is 0 Å². The third-order valence-corrected chi connectivity index (χ3v) is 11.8. The summed E-state index contributed by atoms with van der Waals surface area (Å²) in [5.74, 6) is 0. The summed E-state index contributed by atoms with van der Waals surface area (Å²) < 4.78 is 2.13. The summed E-state index contributed by atoms with van der Waals surface area (Å²) in [6.45, 7) is 4.79. The van der Waals surface area contributed by atoms with Crippen molar-refractivity contribution in [2.75, 3.05) is 0 Å². The Bertz CT molecular complexity index is 3100. The normalized spacial score (nSPS) is 13.1. The van der Waals surface area contributed by atoms with Crippen LogP contribution in [-0.2, 0) is 5.41 Å². The van der Waals surface area contributed by atoms with E-state index in [0.717, 1.165) is 16.9 Å². The Morgan fingerprint density at radius 2 is 0.981 bits per heavy atom. The molecule has 0 amide bonds. The lowest BCUT2D eigenvalue weighted by molar-refractivity contribution is 0.661. The number of fused-ring (bicyclic) bond motifs is 8. The first kappa shape index (κ1) is 30.8. The lowest BCUT2D eigenvalue weighted by atomic mass is 9.79. The molecule has 0 spiro atoms. The quantitative estimate of drug-likeness (QED) is 0.168. The smallest absolute Gasteiger partial charge is 0.145 e. The molecule has 1 aliphatic carbocycles. The molecule has 54 heavy (non-hydrogen) atoms. The van der Waals surface area contributed by atoms with Crippen molar-refractivity contribution < 1.29 is 0 Å². The largest absolute Gasteiger partial charge is 0.306 e. The SMILES string of the molecule is CC1(C)c2cc(-c3ccc(-c4cn5ccc6ccccc6c5n4)cc3)ccc2-c2cc3c(-c4ccccc4)c4ccccc4c(-c4ccccc4)c3cc21. The van der Waals surface area contributed by atoms with Gasteiger partial charge in [0.25, 0.3) is 0 Å². The molecule has 0 aliphatic heterocycles. The van der Waals surface area contributed by atoms with Crippen LogP contribution < -0.4 is 0 Å². The minimum atomic E-state index is -0.180. The van der Waals surface area contributed by atoms with Crippen molar-refractivity contribution in [2.24, 2.45) is 0 Å². The highest BCUT2D eigenvalue weighted by Crippen LogP contribution is 2.54. The number of hydrogen-bond acceptors (Lipinski definition) is 1. The predicted octanol–water partition coefficient (Wildman–Crippen LogP) is 13.8. The molecule has 2 nitrogen and oxygen atoms in total. The van der Waals surface area contributed by atoms with E-state index < -0.39 is 0 Å². The van der Waals surface area contributed by atoms with Crippen LogP contribution in [0.5, 0.6) is 0 Å². The molecule has 0 saturated carbocycles. The van der Waals surface area contributed by atoms with E-state index >= 15 is 0 Å². The van der Waals surface area contributed by atoms with Gasteiger partial charge in [0.1, 0.15) is 5.65 Å². The van der Waals surface area contributed by atoms with Gasteiger partial charge in [0.15, 0.2) is 0 Å². The molecular formula is C52H36N2. The van der Waals surface area contributed by atoms with Gasteiger partial charge in [-0.3, -0.25) is 0 Å². The Kier molecular flexibility index (Phi) is 6.63. The van der Waals surface area contributed by atoms with Gasteiger partial charge in [0.05, 0.1) is 5.69 Å². The molecule has 0 fully saturated rings. The summed E-state index contributed by atoms with van der Waals surface area (Å²) in [6.07, 6.45) is 4.23. The topological polar surface area (TPSA) is 17.3 Å². The van der Waals surface area contributed by atoms with Crippen LogP contribution in [0.1, 0.15) is 25.0 Å². The van der Waals surface area contributed by atoms with Gasteiger partial charge in [-0.25, -0.2) is 4.98 Å². The Morgan fingerprint density at radius 3 is 1.67 bits per heavy atom. The number of pyridine rings is 1. The molecule has 1 aliphatic rings. The van der Waals surface area contributed by atoms with E-state index in [1.165, 1.54) is 88.0 Å². The van der Waals surface area contributed by atoms with Crippen molar-refractivity contribution in [2.45, 2.75) is 19.3 Å². The van der Waals surface area contributed by atoms with Crippen molar-refractivity contribution in [1.82, 2.24) is 9.38 Å². The van der Waals surface area contributed by atoms with Crippen LogP contribution in [0.4, 0.5) is 0 Å². The molecule has 0 unspecified atom stereocenters. The van der Waals surface area contributed by atoms with E-state index in [1.807, 2.05) is 0 Å². The Balaban J connectivity index is 1.05. The van der Waals surface area contributed by atoms with Crippen LogP contribution in [0.25, 0.3) is 93.7 Å².